The van der Waals surface area contributed by atoms with Gasteiger partial charge >= 0.3 is 0 Å². The molecule has 0 aliphatic carbocycles. The number of amides is 2. The Balaban J connectivity index is 1.51. The van der Waals surface area contributed by atoms with E-state index in [0.717, 1.165) is 32.3 Å². The number of carbonyl (C=O) groups is 2. The van der Waals surface area contributed by atoms with E-state index in [0.29, 0.717) is 11.1 Å². The number of hydrogen-bond donors (Lipinski definition) is 2. The number of rotatable bonds is 7. The van der Waals surface area contributed by atoms with Gasteiger partial charge in [-0.25, -0.2) is 0 Å². The van der Waals surface area contributed by atoms with E-state index in [2.05, 4.69) is 10.6 Å². The summed E-state index contributed by atoms with van der Waals surface area (Å²) < 4.78 is 0. The predicted octanol–water partition coefficient (Wildman–Crippen LogP) is 7.61. The molecule has 4 nitrogen and oxygen atoms in total. The highest BCUT2D eigenvalue weighted by Crippen LogP contribution is 2.40. The molecule has 34 heavy (non-hydrogen) atoms. The predicted molar refractivity (Wildman–Crippen MR) is 143 cm³/mol. The van der Waals surface area contributed by atoms with Gasteiger partial charge in [0.2, 0.25) is 0 Å². The Morgan fingerprint density at radius 2 is 0.882 bits per heavy atom. The van der Waals surface area contributed by atoms with Gasteiger partial charge in [0.25, 0.3) is 11.8 Å². The van der Waals surface area contributed by atoms with Gasteiger partial charge < -0.3 is 10.6 Å². The molecule has 0 spiro atoms. The molecule has 0 aromatic heterocycles. The number of carbonyl (C=O) groups excluding carboxylic acids is 2. The molecule has 0 saturated carbocycles. The first kappa shape index (κ1) is 23.7. The maximum atomic E-state index is 13.0. The molecule has 0 unspecified atom stereocenters. The number of para-hydroxylation sites is 2. The monoisotopic (exact) mass is 484 g/mol. The first-order chi connectivity index (χ1) is 16.5. The van der Waals surface area contributed by atoms with Crippen LogP contribution >= 0.6 is 21.6 Å². The minimum atomic E-state index is -0.163. The summed E-state index contributed by atoms with van der Waals surface area (Å²) in [5, 5.41) is 6.00. The molecule has 0 atom stereocenters. The fraction of sp³-hybridized carbons (Fsp3) is 0.0714. The number of hydrogen-bond acceptors (Lipinski definition) is 4. The van der Waals surface area contributed by atoms with Crippen LogP contribution in [0.4, 0.5) is 11.4 Å². The maximum absolute atomic E-state index is 13.0. The fourth-order valence-electron chi connectivity index (χ4n) is 3.35. The lowest BCUT2D eigenvalue weighted by Crippen LogP contribution is -2.14. The van der Waals surface area contributed by atoms with Gasteiger partial charge in [-0.1, -0.05) is 82.3 Å². The van der Waals surface area contributed by atoms with Gasteiger partial charge in [-0.2, -0.15) is 0 Å². The third-order valence-corrected chi connectivity index (χ3v) is 7.75. The zero-order valence-corrected chi connectivity index (χ0v) is 20.5. The molecule has 6 heteroatoms. The Morgan fingerprint density at radius 3 is 1.29 bits per heavy atom. The van der Waals surface area contributed by atoms with Crippen LogP contribution in [0.3, 0.4) is 0 Å². The lowest BCUT2D eigenvalue weighted by Gasteiger charge is -2.13. The van der Waals surface area contributed by atoms with Crippen LogP contribution in [0, 0.1) is 13.8 Å². The second kappa shape index (κ2) is 11.1. The Hall–Kier alpha value is -3.48. The van der Waals surface area contributed by atoms with Crippen LogP contribution in [-0.2, 0) is 0 Å². The minimum absolute atomic E-state index is 0.163. The van der Waals surface area contributed by atoms with E-state index in [1.165, 1.54) is 21.6 Å². The summed E-state index contributed by atoms with van der Waals surface area (Å²) in [6, 6.07) is 30.4. The van der Waals surface area contributed by atoms with Gasteiger partial charge in [0.1, 0.15) is 0 Å². The SMILES string of the molecule is Cc1ccccc1NC(=O)c1ccccc1SSc1ccccc1C(=O)Nc1ccccc1C. The normalized spacial score (nSPS) is 10.5. The molecule has 0 bridgehead atoms. The standard InChI is InChI=1S/C28H24N2O2S2/c1-19-11-3-7-15-23(19)29-27(31)21-13-5-9-17-25(21)33-34-26-18-10-6-14-22(26)28(32)30-24-16-8-4-12-20(24)2/h3-18H,1-2H3,(H,29,31)(H,30,32). The maximum Gasteiger partial charge on any atom is 0.256 e. The highest BCUT2D eigenvalue weighted by molar-refractivity contribution is 8.76. The first-order valence-corrected chi connectivity index (χ1v) is 12.9. The third-order valence-electron chi connectivity index (χ3n) is 5.27. The Morgan fingerprint density at radius 1 is 0.529 bits per heavy atom. The molecule has 4 aromatic rings. The van der Waals surface area contributed by atoms with E-state index in [1.54, 1.807) is 0 Å². The van der Waals surface area contributed by atoms with Crippen LogP contribution in [0.15, 0.2) is 107 Å². The summed E-state index contributed by atoms with van der Waals surface area (Å²) >= 11 is 0. The van der Waals surface area contributed by atoms with Gasteiger partial charge in [-0.05, 0) is 61.4 Å². The lowest BCUT2D eigenvalue weighted by molar-refractivity contribution is 0.101. The molecule has 4 rings (SSSR count). The van der Waals surface area contributed by atoms with Crippen molar-refractivity contribution in [1.82, 2.24) is 0 Å². The van der Waals surface area contributed by atoms with Gasteiger partial charge in [-0.3, -0.25) is 9.59 Å². The number of anilines is 2. The zero-order chi connectivity index (χ0) is 23.9. The quantitative estimate of drug-likeness (QED) is 0.265. The van der Waals surface area contributed by atoms with Crippen molar-refractivity contribution < 1.29 is 9.59 Å². The summed E-state index contributed by atoms with van der Waals surface area (Å²) in [5.74, 6) is -0.327. The summed E-state index contributed by atoms with van der Waals surface area (Å²) in [4.78, 5) is 27.7. The van der Waals surface area contributed by atoms with E-state index < -0.39 is 0 Å². The summed E-state index contributed by atoms with van der Waals surface area (Å²) in [7, 11) is 2.92. The van der Waals surface area contributed by atoms with Crippen molar-refractivity contribution in [2.24, 2.45) is 0 Å². The minimum Gasteiger partial charge on any atom is -0.322 e. The van der Waals surface area contributed by atoms with Gasteiger partial charge in [-0.15, -0.1) is 0 Å². The van der Waals surface area contributed by atoms with Crippen LogP contribution in [-0.4, -0.2) is 11.8 Å². The topological polar surface area (TPSA) is 58.2 Å². The molecule has 2 amide bonds. The van der Waals surface area contributed by atoms with Crippen molar-refractivity contribution in [2.45, 2.75) is 23.6 Å². The molecule has 0 aliphatic heterocycles. The number of nitrogens with one attached hydrogen (secondary N) is 2. The Kier molecular flexibility index (Phi) is 7.72. The van der Waals surface area contributed by atoms with Crippen molar-refractivity contribution in [3.63, 3.8) is 0 Å². The molecule has 4 aromatic carbocycles. The van der Waals surface area contributed by atoms with Crippen LogP contribution in [0.1, 0.15) is 31.8 Å². The van der Waals surface area contributed by atoms with E-state index in [4.69, 9.17) is 0 Å². The second-order valence-electron chi connectivity index (χ2n) is 7.70. The van der Waals surface area contributed by atoms with Crippen molar-refractivity contribution >= 4 is 44.8 Å². The van der Waals surface area contributed by atoms with Crippen LogP contribution < -0.4 is 10.6 Å². The molecule has 0 radical (unpaired) electrons. The van der Waals surface area contributed by atoms with Crippen LogP contribution in [0.5, 0.6) is 0 Å². The third kappa shape index (κ3) is 5.71. The zero-order valence-electron chi connectivity index (χ0n) is 18.9. The molecular weight excluding hydrogens is 460 g/mol. The van der Waals surface area contributed by atoms with Crippen molar-refractivity contribution in [1.29, 1.82) is 0 Å². The summed E-state index contributed by atoms with van der Waals surface area (Å²) in [6.45, 7) is 3.93. The smallest absolute Gasteiger partial charge is 0.256 e. The van der Waals surface area contributed by atoms with Gasteiger partial charge in [0.05, 0.1) is 11.1 Å². The Bertz CT molecular complexity index is 1230. The summed E-state index contributed by atoms with van der Waals surface area (Å²) in [5.41, 5.74) is 4.76. The van der Waals surface area contributed by atoms with E-state index in [9.17, 15) is 9.59 Å². The fourth-order valence-corrected chi connectivity index (χ4v) is 5.71. The number of aryl methyl sites for hydroxylation is 2. The van der Waals surface area contributed by atoms with Crippen LogP contribution in [0.25, 0.3) is 0 Å². The van der Waals surface area contributed by atoms with Crippen molar-refractivity contribution in [3.05, 3.63) is 119 Å². The van der Waals surface area contributed by atoms with Gasteiger partial charge in [0, 0.05) is 21.2 Å². The van der Waals surface area contributed by atoms with Crippen molar-refractivity contribution in [3.8, 4) is 0 Å². The largest absolute Gasteiger partial charge is 0.322 e. The highest BCUT2D eigenvalue weighted by atomic mass is 33.1. The van der Waals surface area contributed by atoms with Gasteiger partial charge in [0.15, 0.2) is 0 Å². The highest BCUT2D eigenvalue weighted by Gasteiger charge is 2.16. The molecular formula is C28H24N2O2S2. The first-order valence-electron chi connectivity index (χ1n) is 10.8. The Labute approximate surface area is 207 Å². The molecule has 0 aliphatic rings. The lowest BCUT2D eigenvalue weighted by atomic mass is 10.1. The number of benzene rings is 4. The molecule has 2 N–H and O–H groups in total. The van der Waals surface area contributed by atoms with E-state index in [-0.39, 0.29) is 11.8 Å². The molecule has 170 valence electrons. The molecule has 0 fully saturated rings. The molecule has 0 saturated heterocycles. The van der Waals surface area contributed by atoms with Crippen molar-refractivity contribution in [2.75, 3.05) is 10.6 Å². The average Bonchev–Trinajstić information content (AvgIpc) is 2.86. The van der Waals surface area contributed by atoms with Crippen LogP contribution in [0.2, 0.25) is 0 Å². The molecule has 0 heterocycles. The van der Waals surface area contributed by atoms with E-state index >= 15 is 0 Å². The summed E-state index contributed by atoms with van der Waals surface area (Å²) in [6.07, 6.45) is 0. The van der Waals surface area contributed by atoms with E-state index in [1.807, 2.05) is 111 Å². The average molecular weight is 485 g/mol. The second-order valence-corrected chi connectivity index (χ2v) is 9.91.